The molecule has 0 saturated carbocycles. The first kappa shape index (κ1) is 8.18. The number of Topliss-reactive ketones (excluding diaryl/α,β-unsaturated/α-hetero) is 2. The zero-order valence-electron chi connectivity index (χ0n) is 6.72. The first-order chi connectivity index (χ1) is 5.20. The number of ketones is 2. The average Bonchev–Trinajstić information content (AvgIpc) is 2.13. The number of rotatable bonds is 1. The molecule has 0 saturated heterocycles. The van der Waals surface area contributed by atoms with Crippen LogP contribution in [0.25, 0.3) is 0 Å². The summed E-state index contributed by atoms with van der Waals surface area (Å²) in [5, 5.41) is 0. The topological polar surface area (TPSA) is 34.1 Å². The highest BCUT2D eigenvalue weighted by Gasteiger charge is 2.11. The van der Waals surface area contributed by atoms with E-state index in [9.17, 15) is 9.59 Å². The molecule has 0 spiro atoms. The first-order valence-electron chi connectivity index (χ1n) is 3.92. The van der Waals surface area contributed by atoms with Gasteiger partial charge in [-0.1, -0.05) is 6.08 Å². The zero-order chi connectivity index (χ0) is 8.27. The molecule has 1 rings (SSSR count). The minimum absolute atomic E-state index is 0.111. The van der Waals surface area contributed by atoms with Gasteiger partial charge < -0.3 is 0 Å². The molecule has 0 aromatic heterocycles. The number of allylic oxidation sites excluding steroid dienone is 2. The second kappa shape index (κ2) is 3.46. The Kier molecular flexibility index (Phi) is 2.58. The van der Waals surface area contributed by atoms with Gasteiger partial charge in [0, 0.05) is 12.8 Å². The third-order valence-electron chi connectivity index (χ3n) is 1.94. The smallest absolute Gasteiger partial charge is 0.155 e. The van der Waals surface area contributed by atoms with E-state index in [1.165, 1.54) is 0 Å². The van der Waals surface area contributed by atoms with Gasteiger partial charge in [0.05, 0.1) is 0 Å². The number of hydrogen-bond acceptors (Lipinski definition) is 2. The Morgan fingerprint density at radius 1 is 1.36 bits per heavy atom. The van der Waals surface area contributed by atoms with Gasteiger partial charge >= 0.3 is 0 Å². The van der Waals surface area contributed by atoms with Crippen LogP contribution in [0.3, 0.4) is 0 Å². The average molecular weight is 152 g/mol. The van der Waals surface area contributed by atoms with Gasteiger partial charge in [0.25, 0.3) is 0 Å². The molecule has 0 aromatic rings. The van der Waals surface area contributed by atoms with E-state index in [4.69, 9.17) is 0 Å². The highest BCUT2D eigenvalue weighted by atomic mass is 16.1. The SMILES string of the molecule is CC(=O)C1=CCCC(=O)CC1. The molecule has 2 heteroatoms. The molecule has 0 radical (unpaired) electrons. The Morgan fingerprint density at radius 3 is 2.73 bits per heavy atom. The Balaban J connectivity index is 2.61. The lowest BCUT2D eigenvalue weighted by Gasteiger charge is -1.96. The molecule has 0 heterocycles. The van der Waals surface area contributed by atoms with Crippen LogP contribution in [0.15, 0.2) is 11.6 Å². The van der Waals surface area contributed by atoms with Crippen molar-refractivity contribution in [2.24, 2.45) is 0 Å². The second-order valence-electron chi connectivity index (χ2n) is 2.86. The van der Waals surface area contributed by atoms with Gasteiger partial charge in [-0.05, 0) is 25.3 Å². The molecule has 11 heavy (non-hydrogen) atoms. The Labute approximate surface area is 66.3 Å². The third kappa shape index (κ3) is 2.30. The molecule has 0 amide bonds. The summed E-state index contributed by atoms with van der Waals surface area (Å²) in [4.78, 5) is 21.8. The monoisotopic (exact) mass is 152 g/mol. The Hall–Kier alpha value is -0.920. The fraction of sp³-hybridized carbons (Fsp3) is 0.556. The van der Waals surface area contributed by atoms with E-state index in [1.54, 1.807) is 6.92 Å². The molecule has 0 atom stereocenters. The van der Waals surface area contributed by atoms with Crippen LogP contribution in [-0.4, -0.2) is 11.6 Å². The van der Waals surface area contributed by atoms with Crippen LogP contribution >= 0.6 is 0 Å². The predicted molar refractivity (Wildman–Crippen MR) is 42.2 cm³/mol. The van der Waals surface area contributed by atoms with Gasteiger partial charge in [0.2, 0.25) is 0 Å². The van der Waals surface area contributed by atoms with E-state index in [2.05, 4.69) is 0 Å². The molecule has 2 nitrogen and oxygen atoms in total. The minimum Gasteiger partial charge on any atom is -0.300 e. The van der Waals surface area contributed by atoms with Crippen LogP contribution in [-0.2, 0) is 9.59 Å². The molecule has 0 unspecified atom stereocenters. The van der Waals surface area contributed by atoms with E-state index in [0.29, 0.717) is 19.3 Å². The number of hydrogen-bond donors (Lipinski definition) is 0. The summed E-state index contributed by atoms with van der Waals surface area (Å²) >= 11 is 0. The summed E-state index contributed by atoms with van der Waals surface area (Å²) < 4.78 is 0. The van der Waals surface area contributed by atoms with Gasteiger partial charge in [-0.15, -0.1) is 0 Å². The normalized spacial score (nSPS) is 19.0. The van der Waals surface area contributed by atoms with E-state index < -0.39 is 0 Å². The van der Waals surface area contributed by atoms with Crippen molar-refractivity contribution in [3.05, 3.63) is 11.6 Å². The summed E-state index contributed by atoms with van der Waals surface area (Å²) in [7, 11) is 0. The first-order valence-corrected chi connectivity index (χ1v) is 3.92. The molecule has 0 N–H and O–H groups in total. The fourth-order valence-electron chi connectivity index (χ4n) is 1.23. The van der Waals surface area contributed by atoms with Crippen molar-refractivity contribution in [2.45, 2.75) is 32.6 Å². The molecule has 60 valence electrons. The van der Waals surface area contributed by atoms with Crippen LogP contribution < -0.4 is 0 Å². The van der Waals surface area contributed by atoms with Gasteiger partial charge in [-0.2, -0.15) is 0 Å². The van der Waals surface area contributed by atoms with Gasteiger partial charge in [0.15, 0.2) is 5.78 Å². The van der Waals surface area contributed by atoms with E-state index >= 15 is 0 Å². The van der Waals surface area contributed by atoms with Gasteiger partial charge in [-0.3, -0.25) is 9.59 Å². The lowest BCUT2D eigenvalue weighted by Crippen LogP contribution is -1.98. The largest absolute Gasteiger partial charge is 0.300 e. The minimum atomic E-state index is 0.111. The molecule has 0 fully saturated rings. The van der Waals surface area contributed by atoms with Gasteiger partial charge in [0.1, 0.15) is 5.78 Å². The molecule has 1 aliphatic carbocycles. The van der Waals surface area contributed by atoms with Crippen molar-refractivity contribution in [3.8, 4) is 0 Å². The number of carbonyl (C=O) groups is 2. The quantitative estimate of drug-likeness (QED) is 0.572. The van der Waals surface area contributed by atoms with E-state index in [1.807, 2.05) is 6.08 Å². The van der Waals surface area contributed by atoms with Crippen molar-refractivity contribution in [3.63, 3.8) is 0 Å². The van der Waals surface area contributed by atoms with E-state index in [-0.39, 0.29) is 11.6 Å². The predicted octanol–water partition coefficient (Wildman–Crippen LogP) is 1.64. The standard InChI is InChI=1S/C9H12O2/c1-7(10)8-3-2-4-9(11)6-5-8/h3H,2,4-6H2,1H3. The maximum absolute atomic E-state index is 10.9. The molecular weight excluding hydrogens is 140 g/mol. The van der Waals surface area contributed by atoms with Gasteiger partial charge in [-0.25, -0.2) is 0 Å². The zero-order valence-corrected chi connectivity index (χ0v) is 6.72. The lowest BCUT2D eigenvalue weighted by atomic mass is 10.1. The molecule has 0 aromatic carbocycles. The van der Waals surface area contributed by atoms with Crippen LogP contribution in [0.4, 0.5) is 0 Å². The third-order valence-corrected chi connectivity index (χ3v) is 1.94. The van der Waals surface area contributed by atoms with Crippen molar-refractivity contribution in [1.82, 2.24) is 0 Å². The lowest BCUT2D eigenvalue weighted by molar-refractivity contribution is -0.118. The Morgan fingerprint density at radius 2 is 2.09 bits per heavy atom. The summed E-state index contributed by atoms with van der Waals surface area (Å²) in [5.74, 6) is 0.386. The maximum Gasteiger partial charge on any atom is 0.155 e. The van der Waals surface area contributed by atoms with Crippen LogP contribution in [0.1, 0.15) is 32.6 Å². The summed E-state index contributed by atoms with van der Waals surface area (Å²) in [6.45, 7) is 1.56. The van der Waals surface area contributed by atoms with Crippen molar-refractivity contribution >= 4 is 11.6 Å². The number of carbonyl (C=O) groups excluding carboxylic acids is 2. The fourth-order valence-corrected chi connectivity index (χ4v) is 1.23. The summed E-state index contributed by atoms with van der Waals surface area (Å²) in [6, 6.07) is 0. The maximum atomic E-state index is 10.9. The van der Waals surface area contributed by atoms with Crippen LogP contribution in [0, 0.1) is 0 Å². The summed E-state index contributed by atoms with van der Waals surface area (Å²) in [5.41, 5.74) is 0.829. The second-order valence-corrected chi connectivity index (χ2v) is 2.86. The highest BCUT2D eigenvalue weighted by Crippen LogP contribution is 2.14. The van der Waals surface area contributed by atoms with E-state index in [0.717, 1.165) is 12.0 Å². The molecule has 1 aliphatic rings. The Bertz CT molecular complexity index is 214. The van der Waals surface area contributed by atoms with Crippen molar-refractivity contribution < 1.29 is 9.59 Å². The van der Waals surface area contributed by atoms with Crippen molar-refractivity contribution in [1.29, 1.82) is 0 Å². The molecular formula is C9H12O2. The molecule has 0 bridgehead atoms. The van der Waals surface area contributed by atoms with Crippen LogP contribution in [0.2, 0.25) is 0 Å². The highest BCUT2D eigenvalue weighted by molar-refractivity contribution is 5.94. The summed E-state index contributed by atoms with van der Waals surface area (Å²) in [6.07, 6.45) is 4.44. The molecule has 0 aliphatic heterocycles. The van der Waals surface area contributed by atoms with Crippen LogP contribution in [0.5, 0.6) is 0 Å². The van der Waals surface area contributed by atoms with Crippen molar-refractivity contribution in [2.75, 3.05) is 0 Å².